The van der Waals surface area contributed by atoms with Crippen LogP contribution in [0.1, 0.15) is 28.9 Å². The van der Waals surface area contributed by atoms with E-state index in [1.165, 1.54) is 6.07 Å². The molecule has 0 radical (unpaired) electrons. The van der Waals surface area contributed by atoms with Crippen molar-refractivity contribution < 1.29 is 13.2 Å². The summed E-state index contributed by atoms with van der Waals surface area (Å²) in [5.74, 6) is 0.228. The quantitative estimate of drug-likeness (QED) is 0.640. The number of sulfonamides is 1. The standard InChI is InChI=1S/C20H19ClN4O3S/c1-13-15(21)6-2-9-18(13)29(26,27)25-19-20(24-17-8-3-7-16(17)23-19)28-12-14-5-4-10-22-11-14/h2,4-6,9-11H,3,7-8,12H2,1H3,(H,23,25). The highest BCUT2D eigenvalue weighted by atomic mass is 35.5. The fraction of sp³-hybridized carbons (Fsp3) is 0.250. The van der Waals surface area contributed by atoms with E-state index in [2.05, 4.69) is 19.7 Å². The maximum absolute atomic E-state index is 13.0. The molecule has 0 saturated heterocycles. The monoisotopic (exact) mass is 430 g/mol. The Balaban J connectivity index is 1.68. The van der Waals surface area contributed by atoms with Crippen LogP contribution in [0.2, 0.25) is 5.02 Å². The molecule has 0 saturated carbocycles. The smallest absolute Gasteiger partial charge is 0.263 e. The van der Waals surface area contributed by atoms with Gasteiger partial charge in [-0.15, -0.1) is 0 Å². The molecule has 0 spiro atoms. The Bertz CT molecular complexity index is 1150. The van der Waals surface area contributed by atoms with Gasteiger partial charge >= 0.3 is 0 Å². The van der Waals surface area contributed by atoms with Gasteiger partial charge in [-0.05, 0) is 49.9 Å². The summed E-state index contributed by atoms with van der Waals surface area (Å²) in [6, 6.07) is 8.41. The molecule has 29 heavy (non-hydrogen) atoms. The number of rotatable bonds is 6. The van der Waals surface area contributed by atoms with E-state index in [9.17, 15) is 8.42 Å². The third kappa shape index (κ3) is 4.18. The number of aryl methyl sites for hydroxylation is 2. The molecule has 3 aromatic rings. The number of fused-ring (bicyclic) bond motifs is 1. The summed E-state index contributed by atoms with van der Waals surface area (Å²) in [4.78, 5) is 13.2. The van der Waals surface area contributed by atoms with E-state index in [1.807, 2.05) is 6.07 Å². The Morgan fingerprint density at radius 1 is 1.14 bits per heavy atom. The average molecular weight is 431 g/mol. The number of nitrogens with one attached hydrogen (secondary N) is 1. The Labute approximate surface area is 174 Å². The molecule has 7 nitrogen and oxygen atoms in total. The van der Waals surface area contributed by atoms with Crippen LogP contribution >= 0.6 is 11.6 Å². The fourth-order valence-electron chi connectivity index (χ4n) is 3.17. The number of hydrogen-bond donors (Lipinski definition) is 1. The van der Waals surface area contributed by atoms with E-state index in [-0.39, 0.29) is 23.2 Å². The van der Waals surface area contributed by atoms with Crippen molar-refractivity contribution in [1.82, 2.24) is 15.0 Å². The van der Waals surface area contributed by atoms with Gasteiger partial charge in [-0.25, -0.2) is 18.4 Å². The molecule has 150 valence electrons. The minimum Gasteiger partial charge on any atom is -0.470 e. The maximum Gasteiger partial charge on any atom is 0.263 e. The number of pyridine rings is 1. The molecule has 0 bridgehead atoms. The lowest BCUT2D eigenvalue weighted by Gasteiger charge is -2.15. The third-order valence-corrected chi connectivity index (χ3v) is 6.58. The Hall–Kier alpha value is -2.71. The summed E-state index contributed by atoms with van der Waals surface area (Å²) in [7, 11) is -3.92. The van der Waals surface area contributed by atoms with Crippen LogP contribution in [0.15, 0.2) is 47.6 Å². The van der Waals surface area contributed by atoms with Crippen molar-refractivity contribution >= 4 is 27.4 Å². The predicted molar refractivity (Wildman–Crippen MR) is 110 cm³/mol. The second-order valence-electron chi connectivity index (χ2n) is 6.74. The first-order valence-electron chi connectivity index (χ1n) is 9.13. The first-order chi connectivity index (χ1) is 13.9. The van der Waals surface area contributed by atoms with E-state index in [1.54, 1.807) is 37.5 Å². The highest BCUT2D eigenvalue weighted by Gasteiger charge is 2.25. The molecular weight excluding hydrogens is 412 g/mol. The highest BCUT2D eigenvalue weighted by Crippen LogP contribution is 2.30. The van der Waals surface area contributed by atoms with E-state index in [4.69, 9.17) is 16.3 Å². The second-order valence-corrected chi connectivity index (χ2v) is 8.80. The largest absolute Gasteiger partial charge is 0.470 e. The van der Waals surface area contributed by atoms with E-state index in [0.29, 0.717) is 10.6 Å². The molecule has 1 N–H and O–H groups in total. The van der Waals surface area contributed by atoms with Crippen molar-refractivity contribution in [2.45, 2.75) is 37.7 Å². The van der Waals surface area contributed by atoms with Crippen LogP contribution in [0, 0.1) is 6.92 Å². The van der Waals surface area contributed by atoms with Crippen LogP contribution in [0.4, 0.5) is 5.82 Å². The zero-order valence-corrected chi connectivity index (χ0v) is 17.3. The molecule has 9 heteroatoms. The second kappa shape index (κ2) is 7.96. The molecule has 0 fully saturated rings. The number of aromatic nitrogens is 3. The average Bonchev–Trinajstić information content (AvgIpc) is 3.16. The molecule has 2 aromatic heterocycles. The topological polar surface area (TPSA) is 94.1 Å². The van der Waals surface area contributed by atoms with Crippen molar-refractivity contribution in [3.8, 4) is 5.88 Å². The molecule has 0 atom stereocenters. The summed E-state index contributed by atoms with van der Waals surface area (Å²) in [6.45, 7) is 1.86. The number of halogens is 1. The zero-order chi connectivity index (χ0) is 20.4. The summed E-state index contributed by atoms with van der Waals surface area (Å²) >= 11 is 6.10. The summed E-state index contributed by atoms with van der Waals surface area (Å²) in [5, 5.41) is 0.376. The predicted octanol–water partition coefficient (Wildman–Crippen LogP) is 3.70. The first kappa shape index (κ1) is 19.6. The van der Waals surface area contributed by atoms with Crippen LogP contribution < -0.4 is 9.46 Å². The Kier molecular flexibility index (Phi) is 5.38. The van der Waals surface area contributed by atoms with Gasteiger partial charge in [0.1, 0.15) is 6.61 Å². The molecular formula is C20H19ClN4O3S. The number of hydrogen-bond acceptors (Lipinski definition) is 6. The van der Waals surface area contributed by atoms with Gasteiger partial charge in [0.05, 0.1) is 16.3 Å². The fourth-order valence-corrected chi connectivity index (χ4v) is 4.67. The molecule has 0 unspecified atom stereocenters. The van der Waals surface area contributed by atoms with Crippen LogP contribution in [0.3, 0.4) is 0 Å². The van der Waals surface area contributed by atoms with Crippen LogP contribution in [0.5, 0.6) is 5.88 Å². The van der Waals surface area contributed by atoms with Crippen molar-refractivity contribution in [2.24, 2.45) is 0 Å². The van der Waals surface area contributed by atoms with Crippen LogP contribution in [-0.4, -0.2) is 23.4 Å². The normalized spacial score (nSPS) is 13.2. The molecule has 4 rings (SSSR count). The molecule has 1 aromatic carbocycles. The Morgan fingerprint density at radius 3 is 2.69 bits per heavy atom. The van der Waals surface area contributed by atoms with E-state index < -0.39 is 10.0 Å². The highest BCUT2D eigenvalue weighted by molar-refractivity contribution is 7.92. The molecule has 0 aliphatic heterocycles. The van der Waals surface area contributed by atoms with Gasteiger partial charge in [-0.3, -0.25) is 9.71 Å². The lowest BCUT2D eigenvalue weighted by Crippen LogP contribution is -2.17. The van der Waals surface area contributed by atoms with Crippen molar-refractivity contribution in [2.75, 3.05) is 4.72 Å². The summed E-state index contributed by atoms with van der Waals surface area (Å²) in [6.07, 6.45) is 5.84. The van der Waals surface area contributed by atoms with Crippen LogP contribution in [-0.2, 0) is 29.5 Å². The van der Waals surface area contributed by atoms with E-state index in [0.717, 1.165) is 36.2 Å². The van der Waals surface area contributed by atoms with E-state index >= 15 is 0 Å². The lowest BCUT2D eigenvalue weighted by atomic mass is 10.2. The lowest BCUT2D eigenvalue weighted by molar-refractivity contribution is 0.293. The number of nitrogens with zero attached hydrogens (tertiary/aromatic N) is 3. The summed E-state index contributed by atoms with van der Waals surface area (Å²) < 4.78 is 34.4. The van der Waals surface area contributed by atoms with Gasteiger partial charge < -0.3 is 4.74 Å². The van der Waals surface area contributed by atoms with Gasteiger partial charge in [-0.2, -0.15) is 0 Å². The zero-order valence-electron chi connectivity index (χ0n) is 15.7. The molecule has 1 aliphatic rings. The molecule has 1 aliphatic carbocycles. The minimum absolute atomic E-state index is 0.0777. The van der Waals surface area contributed by atoms with Crippen molar-refractivity contribution in [1.29, 1.82) is 0 Å². The number of anilines is 1. The van der Waals surface area contributed by atoms with Gasteiger partial charge in [0.15, 0.2) is 0 Å². The van der Waals surface area contributed by atoms with Gasteiger partial charge in [0.25, 0.3) is 15.9 Å². The minimum atomic E-state index is -3.92. The summed E-state index contributed by atoms with van der Waals surface area (Å²) in [5.41, 5.74) is 2.94. The molecule has 0 amide bonds. The number of ether oxygens (including phenoxy) is 1. The number of benzene rings is 1. The van der Waals surface area contributed by atoms with Crippen molar-refractivity contribution in [3.63, 3.8) is 0 Å². The van der Waals surface area contributed by atoms with Gasteiger partial charge in [-0.1, -0.05) is 23.7 Å². The maximum atomic E-state index is 13.0. The first-order valence-corrected chi connectivity index (χ1v) is 11.0. The van der Waals surface area contributed by atoms with Gasteiger partial charge in [0, 0.05) is 23.0 Å². The van der Waals surface area contributed by atoms with Crippen LogP contribution in [0.25, 0.3) is 0 Å². The Morgan fingerprint density at radius 2 is 1.93 bits per heavy atom. The van der Waals surface area contributed by atoms with Gasteiger partial charge in [0.2, 0.25) is 5.82 Å². The molecule has 2 heterocycles. The van der Waals surface area contributed by atoms with Crippen molar-refractivity contribution in [3.05, 3.63) is 70.3 Å². The third-order valence-electron chi connectivity index (χ3n) is 4.68. The SMILES string of the molecule is Cc1c(Cl)cccc1S(=O)(=O)Nc1nc2c(nc1OCc1cccnc1)CCC2.